The molecule has 0 aromatic carbocycles. The Balaban J connectivity index is 2.28. The van der Waals surface area contributed by atoms with E-state index in [4.69, 9.17) is 9.47 Å². The van der Waals surface area contributed by atoms with Crippen molar-refractivity contribution in [1.82, 2.24) is 0 Å². The summed E-state index contributed by atoms with van der Waals surface area (Å²) in [6.07, 6.45) is 3.74. The Kier molecular flexibility index (Phi) is 8.60. The zero-order valence-electron chi connectivity index (χ0n) is 12.8. The second kappa shape index (κ2) is 9.36. The van der Waals surface area contributed by atoms with Crippen LogP contribution in [0.2, 0.25) is 0 Å². The van der Waals surface area contributed by atoms with Crippen LogP contribution < -0.4 is 0 Å². The standard InChI is InChI=1S/C15H29BrO4/c1-4-19-15(18)13(16)9-11-5-7-12(8-6-11)14(17)20-10(2)3/h10-15,17-18H,4-9H2,1-3H3. The third-order valence-corrected chi connectivity index (χ3v) is 4.74. The fourth-order valence-electron chi connectivity index (χ4n) is 2.81. The van der Waals surface area contributed by atoms with Gasteiger partial charge in [-0.05, 0) is 58.8 Å². The zero-order valence-corrected chi connectivity index (χ0v) is 14.4. The highest BCUT2D eigenvalue weighted by molar-refractivity contribution is 9.09. The highest BCUT2D eigenvalue weighted by atomic mass is 79.9. The SMILES string of the molecule is CCOC(O)C(Br)CC1CCC(C(O)OC(C)C)CC1. The number of halogens is 1. The fourth-order valence-corrected chi connectivity index (χ4v) is 3.49. The third-order valence-electron chi connectivity index (χ3n) is 3.91. The Morgan fingerprint density at radius 1 is 1.15 bits per heavy atom. The first-order valence-corrected chi connectivity index (χ1v) is 8.62. The van der Waals surface area contributed by atoms with Crippen LogP contribution in [0.15, 0.2) is 0 Å². The van der Waals surface area contributed by atoms with E-state index in [9.17, 15) is 10.2 Å². The minimum Gasteiger partial charge on any atom is -0.368 e. The lowest BCUT2D eigenvalue weighted by atomic mass is 9.79. The zero-order chi connectivity index (χ0) is 15.1. The minimum absolute atomic E-state index is 0.0131. The molecule has 0 aromatic heterocycles. The molecule has 0 aliphatic heterocycles. The van der Waals surface area contributed by atoms with E-state index in [1.54, 1.807) is 0 Å². The van der Waals surface area contributed by atoms with Crippen molar-refractivity contribution in [3.05, 3.63) is 0 Å². The van der Waals surface area contributed by atoms with E-state index in [-0.39, 0.29) is 16.8 Å². The summed E-state index contributed by atoms with van der Waals surface area (Å²) in [5.74, 6) is 0.830. The number of ether oxygens (including phenoxy) is 2. The van der Waals surface area contributed by atoms with Crippen molar-refractivity contribution in [2.24, 2.45) is 11.8 Å². The van der Waals surface area contributed by atoms with Gasteiger partial charge in [0.1, 0.15) is 0 Å². The summed E-state index contributed by atoms with van der Waals surface area (Å²) in [7, 11) is 0. The molecule has 1 rings (SSSR count). The number of aliphatic hydroxyl groups excluding tert-OH is 2. The van der Waals surface area contributed by atoms with E-state index in [0.717, 1.165) is 32.1 Å². The van der Waals surface area contributed by atoms with Gasteiger partial charge in [-0.1, -0.05) is 15.9 Å². The van der Waals surface area contributed by atoms with E-state index in [1.165, 1.54) is 0 Å². The van der Waals surface area contributed by atoms with Crippen molar-refractivity contribution >= 4 is 15.9 Å². The van der Waals surface area contributed by atoms with Gasteiger partial charge in [0.2, 0.25) is 0 Å². The van der Waals surface area contributed by atoms with Gasteiger partial charge in [-0.3, -0.25) is 0 Å². The summed E-state index contributed by atoms with van der Waals surface area (Å²) in [5, 5.41) is 19.7. The predicted molar refractivity (Wildman–Crippen MR) is 82.6 cm³/mol. The van der Waals surface area contributed by atoms with Crippen LogP contribution in [0.1, 0.15) is 52.9 Å². The number of rotatable bonds is 8. The molecule has 0 bridgehead atoms. The minimum atomic E-state index is -0.729. The van der Waals surface area contributed by atoms with Crippen LogP contribution >= 0.6 is 15.9 Å². The van der Waals surface area contributed by atoms with E-state index < -0.39 is 12.6 Å². The molecule has 1 aliphatic carbocycles. The molecular formula is C15H29BrO4. The molecule has 0 spiro atoms. The topological polar surface area (TPSA) is 58.9 Å². The first kappa shape index (κ1) is 18.4. The van der Waals surface area contributed by atoms with E-state index in [0.29, 0.717) is 12.5 Å². The van der Waals surface area contributed by atoms with Crippen molar-refractivity contribution in [1.29, 1.82) is 0 Å². The maximum atomic E-state index is 9.98. The van der Waals surface area contributed by atoms with Gasteiger partial charge in [-0.25, -0.2) is 0 Å². The Morgan fingerprint density at radius 2 is 1.75 bits per heavy atom. The molecule has 4 nitrogen and oxygen atoms in total. The molecule has 120 valence electrons. The van der Waals surface area contributed by atoms with E-state index in [1.807, 2.05) is 20.8 Å². The quantitative estimate of drug-likeness (QED) is 0.520. The Morgan fingerprint density at radius 3 is 2.25 bits per heavy atom. The predicted octanol–water partition coefficient (Wildman–Crippen LogP) is 3.04. The van der Waals surface area contributed by atoms with Crippen LogP contribution in [0, 0.1) is 11.8 Å². The van der Waals surface area contributed by atoms with Gasteiger partial charge < -0.3 is 19.7 Å². The van der Waals surface area contributed by atoms with Crippen molar-refractivity contribution < 1.29 is 19.7 Å². The average Bonchev–Trinajstić information content (AvgIpc) is 2.39. The molecule has 0 saturated heterocycles. The van der Waals surface area contributed by atoms with Crippen molar-refractivity contribution in [3.63, 3.8) is 0 Å². The van der Waals surface area contributed by atoms with Crippen LogP contribution in [0.4, 0.5) is 0 Å². The monoisotopic (exact) mass is 352 g/mol. The molecule has 0 radical (unpaired) electrons. The molecule has 2 N–H and O–H groups in total. The smallest absolute Gasteiger partial charge is 0.167 e. The van der Waals surface area contributed by atoms with Crippen LogP contribution in [-0.4, -0.2) is 40.3 Å². The molecule has 0 amide bonds. The van der Waals surface area contributed by atoms with Crippen molar-refractivity contribution in [2.75, 3.05) is 6.61 Å². The maximum Gasteiger partial charge on any atom is 0.167 e. The molecule has 20 heavy (non-hydrogen) atoms. The number of hydrogen-bond acceptors (Lipinski definition) is 4. The molecule has 0 aromatic rings. The highest BCUT2D eigenvalue weighted by Crippen LogP contribution is 2.35. The van der Waals surface area contributed by atoms with Crippen molar-refractivity contribution in [3.8, 4) is 0 Å². The molecule has 3 unspecified atom stereocenters. The number of alkyl halides is 1. The summed E-state index contributed by atoms with van der Waals surface area (Å²) in [6, 6.07) is 0. The first-order chi connectivity index (χ1) is 9.43. The lowest BCUT2D eigenvalue weighted by Crippen LogP contribution is -2.32. The van der Waals surface area contributed by atoms with Gasteiger partial charge in [0, 0.05) is 12.5 Å². The average molecular weight is 353 g/mol. The van der Waals surface area contributed by atoms with Gasteiger partial charge >= 0.3 is 0 Å². The molecule has 5 heteroatoms. The van der Waals surface area contributed by atoms with Gasteiger partial charge in [0.15, 0.2) is 12.6 Å². The van der Waals surface area contributed by atoms with E-state index in [2.05, 4.69) is 15.9 Å². The molecule has 3 atom stereocenters. The maximum absolute atomic E-state index is 9.98. The summed E-state index contributed by atoms with van der Waals surface area (Å²) in [5.41, 5.74) is 0. The van der Waals surface area contributed by atoms with E-state index >= 15 is 0 Å². The summed E-state index contributed by atoms with van der Waals surface area (Å²) >= 11 is 3.51. The summed E-state index contributed by atoms with van der Waals surface area (Å²) < 4.78 is 10.7. The Bertz CT molecular complexity index is 254. The van der Waals surface area contributed by atoms with Gasteiger partial charge in [-0.15, -0.1) is 0 Å². The molecule has 1 aliphatic rings. The molecule has 1 saturated carbocycles. The highest BCUT2D eigenvalue weighted by Gasteiger charge is 2.29. The summed E-state index contributed by atoms with van der Waals surface area (Å²) in [4.78, 5) is -0.0131. The van der Waals surface area contributed by atoms with Crippen molar-refractivity contribution in [2.45, 2.75) is 76.4 Å². The van der Waals surface area contributed by atoms with Gasteiger partial charge in [0.25, 0.3) is 0 Å². The lowest BCUT2D eigenvalue weighted by Gasteiger charge is -2.33. The van der Waals surface area contributed by atoms with Crippen LogP contribution in [0.25, 0.3) is 0 Å². The number of aliphatic hydroxyl groups is 2. The first-order valence-electron chi connectivity index (χ1n) is 7.71. The van der Waals surface area contributed by atoms with Crippen LogP contribution in [-0.2, 0) is 9.47 Å². The van der Waals surface area contributed by atoms with Crippen LogP contribution in [0.5, 0.6) is 0 Å². The second-order valence-electron chi connectivity index (χ2n) is 5.95. The molecule has 0 heterocycles. The Hall–Kier alpha value is 0.320. The van der Waals surface area contributed by atoms with Gasteiger partial charge in [0.05, 0.1) is 10.9 Å². The van der Waals surface area contributed by atoms with Crippen LogP contribution in [0.3, 0.4) is 0 Å². The van der Waals surface area contributed by atoms with Gasteiger partial charge in [-0.2, -0.15) is 0 Å². The second-order valence-corrected chi connectivity index (χ2v) is 7.13. The normalized spacial score (nSPS) is 28.4. The summed E-state index contributed by atoms with van der Waals surface area (Å²) in [6.45, 7) is 6.29. The number of hydrogen-bond donors (Lipinski definition) is 2. The molecular weight excluding hydrogens is 324 g/mol. The third kappa shape index (κ3) is 6.39. The lowest BCUT2D eigenvalue weighted by molar-refractivity contribution is -0.164. The Labute approximate surface area is 131 Å². The fraction of sp³-hybridized carbons (Fsp3) is 1.00. The molecule has 1 fully saturated rings. The largest absolute Gasteiger partial charge is 0.368 e.